The van der Waals surface area contributed by atoms with Crippen LogP contribution in [0.5, 0.6) is 0 Å². The lowest BCUT2D eigenvalue weighted by Crippen LogP contribution is -2.51. The van der Waals surface area contributed by atoms with E-state index in [4.69, 9.17) is 9.47 Å². The van der Waals surface area contributed by atoms with Crippen LogP contribution >= 0.6 is 0 Å². The number of hydrogen-bond donors (Lipinski definition) is 1. The van der Waals surface area contributed by atoms with Crippen LogP contribution in [0.15, 0.2) is 48.5 Å². The topological polar surface area (TPSA) is 79.3 Å². The zero-order chi connectivity index (χ0) is 24.8. The highest BCUT2D eigenvalue weighted by molar-refractivity contribution is 5.79. The van der Waals surface area contributed by atoms with Crippen LogP contribution in [0.2, 0.25) is 0 Å². The summed E-state index contributed by atoms with van der Waals surface area (Å²) >= 11 is 0. The fraction of sp³-hybridized carbons (Fsp3) is 0.500. The molecule has 0 saturated carbocycles. The van der Waals surface area contributed by atoms with E-state index in [-0.39, 0.29) is 37.2 Å². The van der Waals surface area contributed by atoms with E-state index in [0.29, 0.717) is 32.6 Å². The number of nitrogens with zero attached hydrogens (tertiary/aromatic N) is 2. The smallest absolute Gasteiger partial charge is 0.410 e. The van der Waals surface area contributed by atoms with E-state index in [9.17, 15) is 14.7 Å². The van der Waals surface area contributed by atoms with Crippen molar-refractivity contribution in [3.8, 4) is 11.1 Å². The summed E-state index contributed by atoms with van der Waals surface area (Å²) in [5.74, 6) is -0.0139. The van der Waals surface area contributed by atoms with Crippen molar-refractivity contribution < 1.29 is 24.2 Å². The Labute approximate surface area is 206 Å². The molecule has 2 amide bonds. The molecule has 2 heterocycles. The van der Waals surface area contributed by atoms with Crippen LogP contribution in [0.1, 0.15) is 44.2 Å². The van der Waals surface area contributed by atoms with Gasteiger partial charge in [0.05, 0.1) is 6.61 Å². The number of fused-ring (bicyclic) bond motifs is 4. The second-order valence-corrected chi connectivity index (χ2v) is 11.1. The monoisotopic (exact) mass is 478 g/mol. The van der Waals surface area contributed by atoms with Gasteiger partial charge in [0.25, 0.3) is 0 Å². The number of piperidine rings is 1. The number of carbonyl (C=O) groups excluding carboxylic acids is 2. The summed E-state index contributed by atoms with van der Waals surface area (Å²) in [6, 6.07) is 16.5. The first-order valence-corrected chi connectivity index (χ1v) is 12.4. The summed E-state index contributed by atoms with van der Waals surface area (Å²) in [7, 11) is 0. The van der Waals surface area contributed by atoms with Crippen LogP contribution in [0, 0.1) is 11.3 Å². The number of carbonyl (C=O) groups is 2. The van der Waals surface area contributed by atoms with Crippen molar-refractivity contribution >= 4 is 12.2 Å². The number of aliphatic hydroxyl groups is 1. The van der Waals surface area contributed by atoms with Gasteiger partial charge in [-0.15, -0.1) is 0 Å². The molecule has 5 rings (SSSR count). The fourth-order valence-electron chi connectivity index (χ4n) is 5.86. The summed E-state index contributed by atoms with van der Waals surface area (Å²) in [6.07, 6.45) is -0.0814. The van der Waals surface area contributed by atoms with Gasteiger partial charge in [0.15, 0.2) is 0 Å². The quantitative estimate of drug-likeness (QED) is 0.703. The van der Waals surface area contributed by atoms with Gasteiger partial charge in [-0.3, -0.25) is 0 Å². The molecule has 0 spiro atoms. The van der Waals surface area contributed by atoms with E-state index in [1.165, 1.54) is 22.3 Å². The number of ether oxygens (including phenoxy) is 2. The van der Waals surface area contributed by atoms with E-state index in [1.807, 2.05) is 45.0 Å². The minimum absolute atomic E-state index is 0.00527. The number of aliphatic hydroxyl groups excluding tert-OH is 1. The lowest BCUT2D eigenvalue weighted by Gasteiger charge is -2.42. The van der Waals surface area contributed by atoms with Gasteiger partial charge in [-0.2, -0.15) is 0 Å². The van der Waals surface area contributed by atoms with Crippen LogP contribution in [0.25, 0.3) is 11.1 Å². The number of likely N-dealkylation sites (tertiary alicyclic amines) is 2. The van der Waals surface area contributed by atoms with E-state index in [0.717, 1.165) is 0 Å². The van der Waals surface area contributed by atoms with Gasteiger partial charge in [-0.1, -0.05) is 48.5 Å². The number of amides is 2. The SMILES string of the molecule is CC(C)(C)OC(=O)N1CCC2(CO)CN(C(=O)OCC3c4ccccc4-c4ccccc43)CC2C1. The summed E-state index contributed by atoms with van der Waals surface area (Å²) in [4.78, 5) is 29.1. The highest BCUT2D eigenvalue weighted by Gasteiger charge is 2.51. The second kappa shape index (κ2) is 8.86. The Bertz CT molecular complexity index is 1080. The first-order valence-electron chi connectivity index (χ1n) is 12.4. The Morgan fingerprint density at radius 2 is 1.57 bits per heavy atom. The minimum atomic E-state index is -0.564. The molecule has 2 aliphatic heterocycles. The van der Waals surface area contributed by atoms with E-state index in [1.54, 1.807) is 9.80 Å². The molecule has 1 aliphatic carbocycles. The van der Waals surface area contributed by atoms with Crippen LogP contribution < -0.4 is 0 Å². The lowest BCUT2D eigenvalue weighted by atomic mass is 9.73. The van der Waals surface area contributed by atoms with Crippen LogP contribution in [0.4, 0.5) is 9.59 Å². The molecule has 0 aromatic heterocycles. The van der Waals surface area contributed by atoms with Crippen LogP contribution in [0.3, 0.4) is 0 Å². The third kappa shape index (κ3) is 4.38. The average Bonchev–Trinajstić information content (AvgIpc) is 3.38. The third-order valence-electron chi connectivity index (χ3n) is 7.69. The standard InChI is InChI=1S/C28H34N2O5/c1-27(2,3)35-26(33)29-13-12-28(18-31)17-30(15-19(28)14-29)25(32)34-16-24-22-10-6-4-8-20(22)21-9-5-7-11-23(21)24/h4-11,19,24,31H,12-18H2,1-3H3. The van der Waals surface area contributed by atoms with Gasteiger partial charge in [-0.25, -0.2) is 9.59 Å². The number of benzene rings is 2. The predicted octanol–water partition coefficient (Wildman–Crippen LogP) is 4.49. The molecule has 7 nitrogen and oxygen atoms in total. The van der Waals surface area contributed by atoms with Crippen molar-refractivity contribution in [3.05, 3.63) is 59.7 Å². The van der Waals surface area contributed by atoms with E-state index >= 15 is 0 Å². The fourth-order valence-corrected chi connectivity index (χ4v) is 5.86. The Hall–Kier alpha value is -3.06. The normalized spacial score (nSPS) is 23.5. The summed E-state index contributed by atoms with van der Waals surface area (Å²) in [6.45, 7) is 7.65. The Morgan fingerprint density at radius 1 is 0.971 bits per heavy atom. The number of hydrogen-bond acceptors (Lipinski definition) is 5. The molecular weight excluding hydrogens is 444 g/mol. The summed E-state index contributed by atoms with van der Waals surface area (Å²) < 4.78 is 11.4. The maximum atomic E-state index is 13.1. The van der Waals surface area contributed by atoms with Crippen molar-refractivity contribution in [3.63, 3.8) is 0 Å². The van der Waals surface area contributed by atoms with Crippen LogP contribution in [-0.2, 0) is 9.47 Å². The predicted molar refractivity (Wildman–Crippen MR) is 132 cm³/mol. The third-order valence-corrected chi connectivity index (χ3v) is 7.69. The zero-order valence-corrected chi connectivity index (χ0v) is 20.7. The lowest BCUT2D eigenvalue weighted by molar-refractivity contribution is -0.0122. The first kappa shape index (κ1) is 23.7. The largest absolute Gasteiger partial charge is 0.448 e. The highest BCUT2D eigenvalue weighted by Crippen LogP contribution is 2.45. The van der Waals surface area contributed by atoms with E-state index in [2.05, 4.69) is 24.3 Å². The zero-order valence-electron chi connectivity index (χ0n) is 20.7. The van der Waals surface area contributed by atoms with Crippen LogP contribution in [-0.4, -0.2) is 72.1 Å². The van der Waals surface area contributed by atoms with Crippen molar-refractivity contribution in [1.29, 1.82) is 0 Å². The molecule has 2 atom stereocenters. The molecule has 2 fully saturated rings. The van der Waals surface area contributed by atoms with Gasteiger partial charge < -0.3 is 24.4 Å². The molecule has 35 heavy (non-hydrogen) atoms. The Kier molecular flexibility index (Phi) is 5.99. The second-order valence-electron chi connectivity index (χ2n) is 11.1. The maximum Gasteiger partial charge on any atom is 0.410 e. The molecule has 3 aliphatic rings. The molecule has 0 bridgehead atoms. The highest BCUT2D eigenvalue weighted by atomic mass is 16.6. The Balaban J connectivity index is 1.25. The van der Waals surface area contributed by atoms with Crippen molar-refractivity contribution in [1.82, 2.24) is 9.80 Å². The minimum Gasteiger partial charge on any atom is -0.448 e. The van der Waals surface area contributed by atoms with Crippen molar-refractivity contribution in [2.45, 2.75) is 38.7 Å². The van der Waals surface area contributed by atoms with Gasteiger partial charge in [-0.05, 0) is 49.4 Å². The van der Waals surface area contributed by atoms with E-state index < -0.39 is 11.0 Å². The molecule has 186 valence electrons. The molecule has 7 heteroatoms. The van der Waals surface area contributed by atoms with Gasteiger partial charge in [0.1, 0.15) is 12.2 Å². The molecule has 2 aromatic rings. The van der Waals surface area contributed by atoms with Crippen molar-refractivity contribution in [2.75, 3.05) is 39.4 Å². The van der Waals surface area contributed by atoms with Crippen molar-refractivity contribution in [2.24, 2.45) is 11.3 Å². The first-order chi connectivity index (χ1) is 16.7. The molecule has 2 aromatic carbocycles. The van der Waals surface area contributed by atoms with Gasteiger partial charge in [0.2, 0.25) is 0 Å². The average molecular weight is 479 g/mol. The molecule has 2 unspecified atom stereocenters. The molecule has 1 N–H and O–H groups in total. The summed E-state index contributed by atoms with van der Waals surface area (Å²) in [5, 5.41) is 10.3. The number of rotatable bonds is 3. The van der Waals surface area contributed by atoms with Gasteiger partial charge in [0, 0.05) is 43.4 Å². The molecular formula is C28H34N2O5. The Morgan fingerprint density at radius 3 is 2.17 bits per heavy atom. The van der Waals surface area contributed by atoms with Gasteiger partial charge >= 0.3 is 12.2 Å². The molecule has 0 radical (unpaired) electrons. The maximum absolute atomic E-state index is 13.1. The molecule has 2 saturated heterocycles. The summed E-state index contributed by atoms with van der Waals surface area (Å²) in [5.41, 5.74) is 3.76.